The fraction of sp³-hybridized carbons (Fsp3) is 0.300. The predicted octanol–water partition coefficient (Wildman–Crippen LogP) is 1.89. The number of carbonyl (C=O) groups excluding carboxylic acids is 1. The van der Waals surface area contributed by atoms with Gasteiger partial charge in [0.2, 0.25) is 5.82 Å². The normalized spacial score (nSPS) is 9.69. The molecule has 0 amide bonds. The summed E-state index contributed by atoms with van der Waals surface area (Å²) in [5.74, 6) is 0.0584. The highest BCUT2D eigenvalue weighted by molar-refractivity contribution is 9.11. The molecular formula is C10H12BrN3O2. The Labute approximate surface area is 102 Å². The fourth-order valence-electron chi connectivity index (χ4n) is 1.03. The summed E-state index contributed by atoms with van der Waals surface area (Å²) in [4.78, 5) is 19.2. The average Bonchev–Trinajstić information content (AvgIpc) is 2.24. The van der Waals surface area contributed by atoms with Crippen LogP contribution in [0.3, 0.4) is 0 Å². The lowest BCUT2D eigenvalue weighted by Gasteiger charge is -2.06. The zero-order valence-corrected chi connectivity index (χ0v) is 10.7. The third-order valence-corrected chi connectivity index (χ3v) is 1.96. The van der Waals surface area contributed by atoms with Crippen LogP contribution in [0.25, 0.3) is 0 Å². The van der Waals surface area contributed by atoms with Gasteiger partial charge in [-0.2, -0.15) is 0 Å². The van der Waals surface area contributed by atoms with Gasteiger partial charge in [-0.3, -0.25) is 0 Å². The molecule has 86 valence electrons. The van der Waals surface area contributed by atoms with Gasteiger partial charge in [0.15, 0.2) is 0 Å². The van der Waals surface area contributed by atoms with Gasteiger partial charge >= 0.3 is 5.97 Å². The van der Waals surface area contributed by atoms with Crippen LogP contribution in [0.15, 0.2) is 17.1 Å². The first kappa shape index (κ1) is 12.6. The van der Waals surface area contributed by atoms with E-state index in [1.165, 1.54) is 7.11 Å². The van der Waals surface area contributed by atoms with Crippen molar-refractivity contribution in [1.82, 2.24) is 9.97 Å². The molecule has 1 aromatic heterocycles. The highest BCUT2D eigenvalue weighted by Crippen LogP contribution is 2.09. The third kappa shape index (κ3) is 3.62. The zero-order chi connectivity index (χ0) is 12.1. The van der Waals surface area contributed by atoms with Crippen molar-refractivity contribution in [3.05, 3.63) is 28.6 Å². The minimum absolute atomic E-state index is 0.0465. The summed E-state index contributed by atoms with van der Waals surface area (Å²) < 4.78 is 5.35. The number of halogens is 1. The molecule has 1 N–H and O–H groups in total. The molecule has 0 atom stereocenters. The minimum atomic E-state index is -0.551. The average molecular weight is 286 g/mol. The van der Waals surface area contributed by atoms with E-state index in [2.05, 4.69) is 42.5 Å². The Morgan fingerprint density at radius 3 is 2.88 bits per heavy atom. The maximum Gasteiger partial charge on any atom is 0.376 e. The van der Waals surface area contributed by atoms with Crippen molar-refractivity contribution in [3.63, 3.8) is 0 Å². The minimum Gasteiger partial charge on any atom is -0.463 e. The van der Waals surface area contributed by atoms with Gasteiger partial charge in [-0.05, 0) is 6.92 Å². The number of nitrogens with zero attached hydrogens (tertiary/aromatic N) is 2. The predicted molar refractivity (Wildman–Crippen MR) is 64.7 cm³/mol. The number of rotatable bonds is 4. The number of nitrogens with one attached hydrogen (secondary N) is 1. The summed E-state index contributed by atoms with van der Waals surface area (Å²) in [7, 11) is 1.29. The van der Waals surface area contributed by atoms with Crippen LogP contribution in [0.1, 0.15) is 16.3 Å². The van der Waals surface area contributed by atoms with Gasteiger partial charge in [0.05, 0.1) is 7.11 Å². The third-order valence-electron chi connectivity index (χ3n) is 1.68. The van der Waals surface area contributed by atoms with Crippen LogP contribution in [-0.2, 0) is 4.74 Å². The van der Waals surface area contributed by atoms with E-state index < -0.39 is 5.97 Å². The highest BCUT2D eigenvalue weighted by Gasteiger charge is 2.11. The largest absolute Gasteiger partial charge is 0.463 e. The van der Waals surface area contributed by atoms with E-state index in [0.717, 1.165) is 4.48 Å². The van der Waals surface area contributed by atoms with Gasteiger partial charge in [-0.1, -0.05) is 22.5 Å². The molecule has 1 rings (SSSR count). The molecule has 0 aliphatic carbocycles. The lowest BCUT2D eigenvalue weighted by atomic mass is 10.4. The first-order valence-corrected chi connectivity index (χ1v) is 5.33. The molecule has 16 heavy (non-hydrogen) atoms. The quantitative estimate of drug-likeness (QED) is 0.856. The Morgan fingerprint density at radius 2 is 2.31 bits per heavy atom. The lowest BCUT2D eigenvalue weighted by Crippen LogP contribution is -2.11. The number of esters is 1. The number of hydrogen-bond donors (Lipinski definition) is 1. The van der Waals surface area contributed by atoms with Gasteiger partial charge in [-0.15, -0.1) is 0 Å². The second-order valence-corrected chi connectivity index (χ2v) is 4.20. The van der Waals surface area contributed by atoms with Gasteiger partial charge in [0.25, 0.3) is 0 Å². The lowest BCUT2D eigenvalue weighted by molar-refractivity contribution is 0.0586. The molecule has 0 bridgehead atoms. The molecule has 0 saturated carbocycles. The fourth-order valence-corrected chi connectivity index (χ4v) is 1.17. The highest BCUT2D eigenvalue weighted by atomic mass is 79.9. The molecule has 0 aliphatic rings. The van der Waals surface area contributed by atoms with E-state index in [9.17, 15) is 4.79 Å². The van der Waals surface area contributed by atoms with Gasteiger partial charge < -0.3 is 10.1 Å². The topological polar surface area (TPSA) is 64.1 Å². The van der Waals surface area contributed by atoms with E-state index in [1.807, 2.05) is 0 Å². The molecule has 6 heteroatoms. The number of anilines is 1. The molecule has 0 saturated heterocycles. The van der Waals surface area contributed by atoms with E-state index in [4.69, 9.17) is 0 Å². The van der Waals surface area contributed by atoms with E-state index in [-0.39, 0.29) is 5.82 Å². The monoisotopic (exact) mass is 285 g/mol. The Morgan fingerprint density at radius 1 is 1.62 bits per heavy atom. The molecule has 0 spiro atoms. The first-order chi connectivity index (χ1) is 7.52. The number of aromatic nitrogens is 2. The van der Waals surface area contributed by atoms with Crippen molar-refractivity contribution in [2.24, 2.45) is 0 Å². The first-order valence-electron chi connectivity index (χ1n) is 4.54. The summed E-state index contributed by atoms with van der Waals surface area (Å²) in [6, 6.07) is 1.74. The van der Waals surface area contributed by atoms with Crippen molar-refractivity contribution in [3.8, 4) is 0 Å². The van der Waals surface area contributed by atoms with Crippen molar-refractivity contribution in [1.29, 1.82) is 0 Å². The second kappa shape index (κ2) is 5.60. The van der Waals surface area contributed by atoms with Gasteiger partial charge in [-0.25, -0.2) is 14.8 Å². The molecular weight excluding hydrogens is 274 g/mol. The Kier molecular flexibility index (Phi) is 4.42. The van der Waals surface area contributed by atoms with Gasteiger partial charge in [0, 0.05) is 22.8 Å². The van der Waals surface area contributed by atoms with Gasteiger partial charge in [0.1, 0.15) is 5.82 Å². The molecule has 1 heterocycles. The molecule has 1 aromatic rings. The van der Waals surface area contributed by atoms with Crippen LogP contribution < -0.4 is 5.32 Å². The number of hydrogen-bond acceptors (Lipinski definition) is 5. The number of carbonyl (C=O) groups is 1. The molecule has 0 aromatic carbocycles. The maximum absolute atomic E-state index is 11.3. The van der Waals surface area contributed by atoms with E-state index in [1.54, 1.807) is 13.0 Å². The van der Waals surface area contributed by atoms with Crippen LogP contribution in [0, 0.1) is 6.92 Å². The maximum atomic E-state index is 11.3. The molecule has 0 aliphatic heterocycles. The van der Waals surface area contributed by atoms with Crippen LogP contribution in [0.2, 0.25) is 0 Å². The second-order valence-electron chi connectivity index (χ2n) is 3.08. The standard InChI is InChI=1S/C10H12BrN3O2/c1-6(11)5-12-8-4-7(2)13-9(14-8)10(15)16-3/h4H,1,5H2,2-3H3,(H,12,13,14). The number of methoxy groups -OCH3 is 1. The molecule has 0 unspecified atom stereocenters. The Hall–Kier alpha value is -1.43. The molecule has 5 nitrogen and oxygen atoms in total. The summed E-state index contributed by atoms with van der Waals surface area (Å²) in [5.41, 5.74) is 0.693. The summed E-state index contributed by atoms with van der Waals surface area (Å²) in [5, 5.41) is 3.00. The SMILES string of the molecule is C=C(Br)CNc1cc(C)nc(C(=O)OC)n1. The van der Waals surface area contributed by atoms with Crippen molar-refractivity contribution < 1.29 is 9.53 Å². The van der Waals surface area contributed by atoms with Crippen molar-refractivity contribution in [2.45, 2.75) is 6.92 Å². The van der Waals surface area contributed by atoms with Crippen LogP contribution in [0.5, 0.6) is 0 Å². The summed E-state index contributed by atoms with van der Waals surface area (Å²) in [6.45, 7) is 5.99. The molecule has 0 fully saturated rings. The number of aryl methyl sites for hydroxylation is 1. The Balaban J connectivity index is 2.89. The van der Waals surface area contributed by atoms with Crippen LogP contribution in [0.4, 0.5) is 5.82 Å². The van der Waals surface area contributed by atoms with Crippen molar-refractivity contribution >= 4 is 27.7 Å². The zero-order valence-electron chi connectivity index (χ0n) is 9.08. The van der Waals surface area contributed by atoms with Crippen molar-refractivity contribution in [2.75, 3.05) is 19.0 Å². The van der Waals surface area contributed by atoms with Crippen LogP contribution >= 0.6 is 15.9 Å². The summed E-state index contributed by atoms with van der Waals surface area (Å²) in [6.07, 6.45) is 0. The van der Waals surface area contributed by atoms with Crippen LogP contribution in [-0.4, -0.2) is 29.6 Å². The summed E-state index contributed by atoms with van der Waals surface area (Å²) >= 11 is 3.22. The Bertz CT molecular complexity index is 421. The van der Waals surface area contributed by atoms with E-state index in [0.29, 0.717) is 18.1 Å². The molecule has 0 radical (unpaired) electrons. The smallest absolute Gasteiger partial charge is 0.376 e. The number of ether oxygens (including phenoxy) is 1. The van der Waals surface area contributed by atoms with E-state index >= 15 is 0 Å².